The first kappa shape index (κ1) is 9.07. The van der Waals surface area contributed by atoms with Gasteiger partial charge in [0.05, 0.1) is 0 Å². The van der Waals surface area contributed by atoms with Crippen LogP contribution in [0.5, 0.6) is 0 Å². The molecule has 0 amide bonds. The maximum atomic E-state index is 10.5. The van der Waals surface area contributed by atoms with Gasteiger partial charge in [-0.3, -0.25) is 14.6 Å². The average Bonchev–Trinajstić information content (AvgIpc) is 2.14. The van der Waals surface area contributed by atoms with Gasteiger partial charge < -0.3 is 0 Å². The Hall–Kier alpha value is -0.925. The van der Waals surface area contributed by atoms with Crippen LogP contribution in [0.1, 0.15) is 19.9 Å². The molecule has 0 saturated heterocycles. The van der Waals surface area contributed by atoms with Crippen molar-refractivity contribution in [3.8, 4) is 0 Å². The molecule has 0 aliphatic carbocycles. The van der Waals surface area contributed by atoms with Gasteiger partial charge in [0.15, 0.2) is 0 Å². The van der Waals surface area contributed by atoms with Crippen LogP contribution < -0.4 is 5.56 Å². The molecule has 1 aromatic rings. The molecule has 0 aliphatic rings. The largest absolute Gasteiger partial charge is 0.290 e. The fraction of sp³-hybridized carbons (Fsp3) is 0.500. The highest BCUT2D eigenvalue weighted by Crippen LogP contribution is 1.96. The molecule has 1 aromatic heterocycles. The minimum Gasteiger partial charge on any atom is -0.290 e. The Morgan fingerprint density at radius 3 is 2.40 bits per heavy atom. The van der Waals surface area contributed by atoms with E-state index >= 15 is 0 Å². The highest BCUT2D eigenvalue weighted by atomic mass is 16.1. The maximum absolute atomic E-state index is 10.5. The van der Waals surface area contributed by atoms with Crippen molar-refractivity contribution >= 4 is 8.41 Å². The Kier molecular flexibility index (Phi) is 2.99. The summed E-state index contributed by atoms with van der Waals surface area (Å²) in [7, 11) is 0. The van der Waals surface area contributed by atoms with Crippen molar-refractivity contribution in [2.75, 3.05) is 0 Å². The van der Waals surface area contributed by atoms with Gasteiger partial charge in [0.25, 0.3) is 5.56 Å². The van der Waals surface area contributed by atoms with Crippen LogP contribution in [0.3, 0.4) is 0 Å². The summed E-state index contributed by atoms with van der Waals surface area (Å²) in [4.78, 5) is 10.5. The maximum Gasteiger partial charge on any atom is 0.264 e. The third-order valence-electron chi connectivity index (χ3n) is 1.18. The third kappa shape index (κ3) is 1.79. The molecule has 0 bridgehead atoms. The van der Waals surface area contributed by atoms with Crippen LogP contribution in [0.15, 0.2) is 17.1 Å². The summed E-state index contributed by atoms with van der Waals surface area (Å²) in [5.74, 6) is 0. The van der Waals surface area contributed by atoms with Crippen LogP contribution >= 0.6 is 0 Å². The third-order valence-corrected chi connectivity index (χ3v) is 1.18. The Morgan fingerprint density at radius 2 is 2.20 bits per heavy atom. The topological polar surface area (TPSA) is 37.8 Å². The quantitative estimate of drug-likeness (QED) is 0.558. The molecule has 0 saturated carbocycles. The number of aromatic nitrogens is 2. The molecule has 0 aliphatic heterocycles. The van der Waals surface area contributed by atoms with Gasteiger partial charge in [0, 0.05) is 26.7 Å². The first-order valence-electron chi connectivity index (χ1n) is 2.97. The zero-order chi connectivity index (χ0) is 6.85. The Bertz CT molecular complexity index is 238. The number of hydrogen-bond acceptors (Lipinski definition) is 1. The summed E-state index contributed by atoms with van der Waals surface area (Å²) in [5.41, 5.74) is -0.0382. The van der Waals surface area contributed by atoms with Gasteiger partial charge in [-0.1, -0.05) is 0 Å². The van der Waals surface area contributed by atoms with Crippen molar-refractivity contribution < 1.29 is 0 Å². The van der Waals surface area contributed by atoms with Crippen molar-refractivity contribution in [2.45, 2.75) is 19.9 Å². The van der Waals surface area contributed by atoms with Crippen LogP contribution in [-0.2, 0) is 0 Å². The van der Waals surface area contributed by atoms with Gasteiger partial charge in [-0.15, -0.1) is 0 Å². The summed E-state index contributed by atoms with van der Waals surface area (Å²) in [6.45, 7) is 4.02. The Balaban J connectivity index is 0.000000810. The average molecular weight is 137 g/mol. The van der Waals surface area contributed by atoms with Crippen molar-refractivity contribution in [3.63, 3.8) is 0 Å². The second-order valence-electron chi connectivity index (χ2n) is 2.29. The van der Waals surface area contributed by atoms with Gasteiger partial charge in [-0.05, 0) is 13.8 Å². The molecule has 1 N–H and O–H groups in total. The number of rotatable bonds is 1. The SMILES string of the molecule is CC(C)n1ccc(=O)[nH]1.[B]. The first-order valence-corrected chi connectivity index (χ1v) is 2.97. The van der Waals surface area contributed by atoms with Crippen molar-refractivity contribution in [3.05, 3.63) is 22.6 Å². The molecule has 3 radical (unpaired) electrons. The fourth-order valence-electron chi connectivity index (χ4n) is 0.651. The predicted molar refractivity (Wildman–Crippen MR) is 41.2 cm³/mol. The van der Waals surface area contributed by atoms with Crippen molar-refractivity contribution in [1.29, 1.82) is 0 Å². The van der Waals surface area contributed by atoms with E-state index in [1.165, 1.54) is 6.07 Å². The first-order chi connectivity index (χ1) is 4.20. The highest BCUT2D eigenvalue weighted by Gasteiger charge is 1.93. The van der Waals surface area contributed by atoms with E-state index in [-0.39, 0.29) is 14.0 Å². The minimum atomic E-state index is -0.0382. The molecule has 1 heterocycles. The van der Waals surface area contributed by atoms with E-state index in [1.807, 2.05) is 13.8 Å². The van der Waals surface area contributed by atoms with Gasteiger partial charge >= 0.3 is 0 Å². The van der Waals surface area contributed by atoms with Crippen molar-refractivity contribution in [1.82, 2.24) is 9.78 Å². The molecule has 10 heavy (non-hydrogen) atoms. The van der Waals surface area contributed by atoms with Crippen LogP contribution in [0.4, 0.5) is 0 Å². The minimum absolute atomic E-state index is 0. The number of H-pyrrole nitrogens is 1. The van der Waals surface area contributed by atoms with Crippen LogP contribution in [0.2, 0.25) is 0 Å². The molecule has 0 unspecified atom stereocenters. The summed E-state index contributed by atoms with van der Waals surface area (Å²) in [6, 6.07) is 1.85. The van der Waals surface area contributed by atoms with Crippen molar-refractivity contribution in [2.24, 2.45) is 0 Å². The van der Waals surface area contributed by atoms with Gasteiger partial charge in [0.2, 0.25) is 0 Å². The molecule has 0 atom stereocenters. The summed E-state index contributed by atoms with van der Waals surface area (Å²) in [6.07, 6.45) is 1.74. The van der Waals surface area contributed by atoms with Crippen LogP contribution in [-0.4, -0.2) is 18.2 Å². The molecule has 0 fully saturated rings. The van der Waals surface area contributed by atoms with E-state index in [0.717, 1.165) is 0 Å². The van der Waals surface area contributed by atoms with Crippen LogP contribution in [0.25, 0.3) is 0 Å². The van der Waals surface area contributed by atoms with E-state index in [9.17, 15) is 4.79 Å². The van der Waals surface area contributed by atoms with E-state index in [0.29, 0.717) is 6.04 Å². The Morgan fingerprint density at radius 1 is 1.60 bits per heavy atom. The Labute approximate surface area is 61.6 Å². The second kappa shape index (κ2) is 3.30. The normalized spacial score (nSPS) is 9.50. The van der Waals surface area contributed by atoms with Gasteiger partial charge in [0.1, 0.15) is 0 Å². The molecule has 0 aromatic carbocycles. The molecule has 0 spiro atoms. The number of nitrogens with zero attached hydrogens (tertiary/aromatic N) is 1. The standard InChI is InChI=1S/C6H10N2O.B/c1-5(2)8-4-3-6(9)7-8;/h3-5H,1-2H3,(H,7,9);. The van der Waals surface area contributed by atoms with Gasteiger partial charge in [-0.2, -0.15) is 0 Å². The molecule has 53 valence electrons. The number of nitrogens with one attached hydrogen (secondary N) is 1. The lowest BCUT2D eigenvalue weighted by molar-refractivity contribution is 0.528. The lowest BCUT2D eigenvalue weighted by atomic mass is 10.4. The smallest absolute Gasteiger partial charge is 0.264 e. The van der Waals surface area contributed by atoms with Crippen LogP contribution in [0, 0.1) is 0 Å². The molecular weight excluding hydrogens is 127 g/mol. The lowest BCUT2D eigenvalue weighted by Gasteiger charge is -2.03. The lowest BCUT2D eigenvalue weighted by Crippen LogP contribution is -2.06. The van der Waals surface area contributed by atoms with Gasteiger partial charge in [-0.25, -0.2) is 0 Å². The van der Waals surface area contributed by atoms with E-state index in [1.54, 1.807) is 10.9 Å². The zero-order valence-corrected chi connectivity index (χ0v) is 6.16. The highest BCUT2D eigenvalue weighted by molar-refractivity contribution is 5.75. The molecular formula is C6H10BN2O. The van der Waals surface area contributed by atoms with E-state index < -0.39 is 0 Å². The summed E-state index contributed by atoms with van der Waals surface area (Å²) in [5, 5.41) is 2.64. The summed E-state index contributed by atoms with van der Waals surface area (Å²) >= 11 is 0. The fourth-order valence-corrected chi connectivity index (χ4v) is 0.651. The number of aromatic amines is 1. The number of hydrogen-bond donors (Lipinski definition) is 1. The summed E-state index contributed by atoms with van der Waals surface area (Å²) < 4.78 is 1.77. The monoisotopic (exact) mass is 137 g/mol. The molecule has 3 nitrogen and oxygen atoms in total. The molecule has 4 heteroatoms. The predicted octanol–water partition coefficient (Wildman–Crippen LogP) is 0.376. The second-order valence-corrected chi connectivity index (χ2v) is 2.29. The van der Waals surface area contributed by atoms with E-state index in [4.69, 9.17) is 0 Å². The zero-order valence-electron chi connectivity index (χ0n) is 6.16. The molecule has 1 rings (SSSR count). The van der Waals surface area contributed by atoms with E-state index in [2.05, 4.69) is 5.10 Å².